The Balaban J connectivity index is 1.93. The Morgan fingerprint density at radius 3 is 2.18 bits per heavy atom. The molecule has 3 amide bonds. The van der Waals surface area contributed by atoms with Crippen molar-refractivity contribution in [2.75, 3.05) is 37.3 Å². The van der Waals surface area contributed by atoms with Crippen molar-refractivity contribution < 1.29 is 14.4 Å². The molecule has 28 heavy (non-hydrogen) atoms. The van der Waals surface area contributed by atoms with Gasteiger partial charge in [-0.3, -0.25) is 14.4 Å². The zero-order chi connectivity index (χ0) is 20.5. The summed E-state index contributed by atoms with van der Waals surface area (Å²) < 4.78 is 0. The van der Waals surface area contributed by atoms with Gasteiger partial charge in [-0.2, -0.15) is 0 Å². The van der Waals surface area contributed by atoms with Crippen LogP contribution in [0.1, 0.15) is 34.6 Å². The van der Waals surface area contributed by atoms with E-state index in [4.69, 9.17) is 0 Å². The third-order valence-corrected chi connectivity index (χ3v) is 4.27. The number of carbonyl (C=O) groups is 3. The maximum absolute atomic E-state index is 12.4. The fraction of sp³-hybridized carbons (Fsp3) is 0.286. The highest BCUT2D eigenvalue weighted by Gasteiger charge is 2.13. The van der Waals surface area contributed by atoms with Crippen LogP contribution in [0.5, 0.6) is 0 Å². The van der Waals surface area contributed by atoms with Crippen molar-refractivity contribution in [2.24, 2.45) is 0 Å². The number of benzene rings is 2. The Morgan fingerprint density at radius 1 is 0.893 bits per heavy atom. The fourth-order valence-electron chi connectivity index (χ4n) is 2.69. The van der Waals surface area contributed by atoms with Crippen LogP contribution >= 0.6 is 0 Å². The molecule has 0 spiro atoms. The number of amides is 3. The zero-order valence-electron chi connectivity index (χ0n) is 16.4. The van der Waals surface area contributed by atoms with Crippen LogP contribution in [-0.4, -0.2) is 49.3 Å². The number of rotatable bonds is 8. The lowest BCUT2D eigenvalue weighted by atomic mass is 10.1. The van der Waals surface area contributed by atoms with Gasteiger partial charge in [0.25, 0.3) is 11.8 Å². The standard InChI is InChI=1S/C21H26N4O3/c1-4-25(5-2)21(28)16-7-6-8-18(13-16)23-14-19(26)24-17-11-9-15(10-12-17)20(27)22-3/h6-13,23H,4-5,14H2,1-3H3,(H,22,27)(H,24,26). The first-order valence-electron chi connectivity index (χ1n) is 9.23. The Hall–Kier alpha value is -3.35. The van der Waals surface area contributed by atoms with E-state index in [1.807, 2.05) is 19.9 Å². The van der Waals surface area contributed by atoms with E-state index in [9.17, 15) is 14.4 Å². The second-order valence-electron chi connectivity index (χ2n) is 6.12. The first-order valence-corrected chi connectivity index (χ1v) is 9.23. The summed E-state index contributed by atoms with van der Waals surface area (Å²) in [6, 6.07) is 13.7. The van der Waals surface area contributed by atoms with Gasteiger partial charge >= 0.3 is 0 Å². The third-order valence-electron chi connectivity index (χ3n) is 4.27. The van der Waals surface area contributed by atoms with Gasteiger partial charge in [-0.1, -0.05) is 6.07 Å². The SMILES string of the molecule is CCN(CC)C(=O)c1cccc(NCC(=O)Nc2ccc(C(=O)NC)cc2)c1. The first-order chi connectivity index (χ1) is 13.5. The van der Waals surface area contributed by atoms with Gasteiger partial charge in [0.2, 0.25) is 5.91 Å². The average molecular weight is 382 g/mol. The molecule has 0 atom stereocenters. The third kappa shape index (κ3) is 5.57. The molecule has 0 saturated carbocycles. The summed E-state index contributed by atoms with van der Waals surface area (Å²) in [6.07, 6.45) is 0. The summed E-state index contributed by atoms with van der Waals surface area (Å²) in [6.45, 7) is 5.23. The predicted octanol–water partition coefficient (Wildman–Crippen LogP) is 2.58. The lowest BCUT2D eigenvalue weighted by molar-refractivity contribution is -0.114. The Bertz CT molecular complexity index is 830. The molecule has 2 rings (SSSR count). The molecule has 0 aliphatic carbocycles. The average Bonchev–Trinajstić information content (AvgIpc) is 2.73. The van der Waals surface area contributed by atoms with Gasteiger partial charge < -0.3 is 20.9 Å². The van der Waals surface area contributed by atoms with Crippen molar-refractivity contribution in [2.45, 2.75) is 13.8 Å². The lowest BCUT2D eigenvalue weighted by Crippen LogP contribution is -2.30. The normalized spacial score (nSPS) is 10.1. The molecule has 0 aliphatic heterocycles. The van der Waals surface area contributed by atoms with Crippen LogP contribution in [-0.2, 0) is 4.79 Å². The van der Waals surface area contributed by atoms with E-state index in [1.54, 1.807) is 54.4 Å². The minimum atomic E-state index is -0.229. The highest BCUT2D eigenvalue weighted by atomic mass is 16.2. The maximum Gasteiger partial charge on any atom is 0.253 e. The smallest absolute Gasteiger partial charge is 0.253 e. The Kier molecular flexibility index (Phi) is 7.56. The second kappa shape index (κ2) is 10.1. The number of anilines is 2. The van der Waals surface area contributed by atoms with Crippen molar-refractivity contribution in [1.82, 2.24) is 10.2 Å². The second-order valence-corrected chi connectivity index (χ2v) is 6.12. The van der Waals surface area contributed by atoms with E-state index in [-0.39, 0.29) is 24.3 Å². The molecule has 0 aromatic heterocycles. The van der Waals surface area contributed by atoms with Crippen molar-refractivity contribution in [3.63, 3.8) is 0 Å². The van der Waals surface area contributed by atoms with Crippen LogP contribution in [0.3, 0.4) is 0 Å². The Labute approximate surface area is 165 Å². The largest absolute Gasteiger partial charge is 0.376 e. The Morgan fingerprint density at radius 2 is 1.57 bits per heavy atom. The number of hydrogen-bond donors (Lipinski definition) is 3. The van der Waals surface area contributed by atoms with Crippen LogP contribution in [0, 0.1) is 0 Å². The topological polar surface area (TPSA) is 90.5 Å². The van der Waals surface area contributed by atoms with Crippen molar-refractivity contribution >= 4 is 29.1 Å². The zero-order valence-corrected chi connectivity index (χ0v) is 16.4. The molecule has 2 aromatic rings. The predicted molar refractivity (Wildman–Crippen MR) is 111 cm³/mol. The van der Waals surface area contributed by atoms with Crippen LogP contribution in [0.15, 0.2) is 48.5 Å². The number of hydrogen-bond acceptors (Lipinski definition) is 4. The monoisotopic (exact) mass is 382 g/mol. The molecule has 7 heteroatoms. The fourth-order valence-corrected chi connectivity index (χ4v) is 2.69. The van der Waals surface area contributed by atoms with E-state index in [1.165, 1.54) is 0 Å². The minimum Gasteiger partial charge on any atom is -0.376 e. The van der Waals surface area contributed by atoms with Gasteiger partial charge in [-0.25, -0.2) is 0 Å². The first kappa shape index (κ1) is 21.0. The summed E-state index contributed by atoms with van der Waals surface area (Å²) in [4.78, 5) is 37.8. The summed E-state index contributed by atoms with van der Waals surface area (Å²) in [5.74, 6) is -0.443. The molecule has 0 heterocycles. The van der Waals surface area contributed by atoms with E-state index >= 15 is 0 Å². The molecule has 0 saturated heterocycles. The van der Waals surface area contributed by atoms with E-state index < -0.39 is 0 Å². The van der Waals surface area contributed by atoms with Gasteiger partial charge in [-0.05, 0) is 56.3 Å². The molecule has 7 nitrogen and oxygen atoms in total. The van der Waals surface area contributed by atoms with Crippen LogP contribution in [0.25, 0.3) is 0 Å². The molecule has 148 valence electrons. The van der Waals surface area contributed by atoms with E-state index in [0.717, 1.165) is 0 Å². The maximum atomic E-state index is 12.4. The summed E-state index contributed by atoms with van der Waals surface area (Å²) in [5.41, 5.74) is 2.40. The molecular formula is C21H26N4O3. The molecule has 0 unspecified atom stereocenters. The molecule has 2 aromatic carbocycles. The molecule has 0 radical (unpaired) electrons. The molecule has 0 aliphatic rings. The molecule has 0 bridgehead atoms. The number of carbonyl (C=O) groups excluding carboxylic acids is 3. The highest BCUT2D eigenvalue weighted by Crippen LogP contribution is 2.13. The van der Waals surface area contributed by atoms with Crippen molar-refractivity contribution in [3.8, 4) is 0 Å². The summed E-state index contributed by atoms with van der Waals surface area (Å²) in [5, 5.41) is 8.33. The van der Waals surface area contributed by atoms with Gasteiger partial charge in [0.1, 0.15) is 0 Å². The molecule has 0 fully saturated rings. The van der Waals surface area contributed by atoms with Crippen LogP contribution in [0.2, 0.25) is 0 Å². The summed E-state index contributed by atoms with van der Waals surface area (Å²) in [7, 11) is 1.56. The quantitative estimate of drug-likeness (QED) is 0.654. The van der Waals surface area contributed by atoms with Crippen LogP contribution < -0.4 is 16.0 Å². The van der Waals surface area contributed by atoms with E-state index in [2.05, 4.69) is 16.0 Å². The van der Waals surface area contributed by atoms with Gasteiger partial charge in [-0.15, -0.1) is 0 Å². The number of nitrogens with zero attached hydrogens (tertiary/aromatic N) is 1. The van der Waals surface area contributed by atoms with E-state index in [0.29, 0.717) is 35.6 Å². The molecular weight excluding hydrogens is 356 g/mol. The van der Waals surface area contributed by atoms with Crippen molar-refractivity contribution in [1.29, 1.82) is 0 Å². The van der Waals surface area contributed by atoms with Crippen LogP contribution in [0.4, 0.5) is 11.4 Å². The van der Waals surface area contributed by atoms with Gasteiger partial charge in [0.15, 0.2) is 0 Å². The lowest BCUT2D eigenvalue weighted by Gasteiger charge is -2.19. The van der Waals surface area contributed by atoms with Crippen molar-refractivity contribution in [3.05, 3.63) is 59.7 Å². The molecule has 3 N–H and O–H groups in total. The van der Waals surface area contributed by atoms with Gasteiger partial charge in [0.05, 0.1) is 6.54 Å². The number of nitrogens with one attached hydrogen (secondary N) is 3. The summed E-state index contributed by atoms with van der Waals surface area (Å²) >= 11 is 0. The van der Waals surface area contributed by atoms with Gasteiger partial charge in [0, 0.05) is 42.6 Å². The minimum absolute atomic E-state index is 0.0330. The highest BCUT2D eigenvalue weighted by molar-refractivity contribution is 5.97.